The molecular formula is C21H16N2. The van der Waals surface area contributed by atoms with Gasteiger partial charge in [-0.25, -0.2) is 9.97 Å². The van der Waals surface area contributed by atoms with Crippen LogP contribution in [-0.4, -0.2) is 9.97 Å². The molecule has 3 aromatic carbocycles. The van der Waals surface area contributed by atoms with Crippen molar-refractivity contribution in [1.29, 1.82) is 0 Å². The molecule has 0 radical (unpaired) electrons. The van der Waals surface area contributed by atoms with Crippen molar-refractivity contribution in [3.63, 3.8) is 0 Å². The molecule has 0 amide bonds. The molecule has 0 fully saturated rings. The highest BCUT2D eigenvalue weighted by Crippen LogP contribution is 2.29. The minimum absolute atomic E-state index is 0.764. The standard InChI is InChI=1S/C21H16N2/c1-15-13-22-21(23-14-15)18-11-9-17(10-12-18)20-8-4-6-16-5-2-3-7-19(16)20/h2-14H,1H3. The van der Waals surface area contributed by atoms with Crippen LogP contribution in [-0.2, 0) is 0 Å². The van der Waals surface area contributed by atoms with Crippen LogP contribution in [0.4, 0.5) is 0 Å². The van der Waals surface area contributed by atoms with Crippen LogP contribution in [0.5, 0.6) is 0 Å². The van der Waals surface area contributed by atoms with Crippen molar-refractivity contribution in [1.82, 2.24) is 9.97 Å². The summed E-state index contributed by atoms with van der Waals surface area (Å²) in [7, 11) is 0. The molecule has 0 saturated carbocycles. The van der Waals surface area contributed by atoms with E-state index in [1.807, 2.05) is 19.3 Å². The van der Waals surface area contributed by atoms with Gasteiger partial charge in [0.2, 0.25) is 0 Å². The largest absolute Gasteiger partial charge is 0.236 e. The Morgan fingerprint density at radius 2 is 1.30 bits per heavy atom. The molecule has 2 nitrogen and oxygen atoms in total. The minimum atomic E-state index is 0.764. The molecule has 0 aliphatic rings. The van der Waals surface area contributed by atoms with Crippen LogP contribution >= 0.6 is 0 Å². The van der Waals surface area contributed by atoms with E-state index in [2.05, 4.69) is 76.7 Å². The second kappa shape index (κ2) is 5.65. The number of aromatic nitrogens is 2. The quantitative estimate of drug-likeness (QED) is 0.503. The molecule has 1 aromatic heterocycles. The Balaban J connectivity index is 1.77. The Hall–Kier alpha value is -3.00. The van der Waals surface area contributed by atoms with Crippen LogP contribution in [0.2, 0.25) is 0 Å². The summed E-state index contributed by atoms with van der Waals surface area (Å²) >= 11 is 0. The van der Waals surface area contributed by atoms with Gasteiger partial charge in [-0.05, 0) is 34.4 Å². The third-order valence-electron chi connectivity index (χ3n) is 4.02. The Morgan fingerprint density at radius 1 is 0.652 bits per heavy atom. The molecule has 4 aromatic rings. The van der Waals surface area contributed by atoms with Gasteiger partial charge in [0, 0.05) is 18.0 Å². The SMILES string of the molecule is Cc1cnc(-c2ccc(-c3cccc4ccccc34)cc2)nc1. The summed E-state index contributed by atoms with van der Waals surface area (Å²) in [6.07, 6.45) is 3.70. The lowest BCUT2D eigenvalue weighted by Crippen LogP contribution is -1.89. The van der Waals surface area contributed by atoms with Crippen molar-refractivity contribution in [3.05, 3.63) is 84.7 Å². The topological polar surface area (TPSA) is 25.8 Å². The van der Waals surface area contributed by atoms with Crippen molar-refractivity contribution in [2.45, 2.75) is 6.92 Å². The molecule has 0 aliphatic carbocycles. The first-order chi connectivity index (χ1) is 11.3. The third kappa shape index (κ3) is 2.59. The molecule has 0 saturated heterocycles. The highest BCUT2D eigenvalue weighted by atomic mass is 14.9. The van der Waals surface area contributed by atoms with E-state index in [1.54, 1.807) is 0 Å². The van der Waals surface area contributed by atoms with Crippen molar-refractivity contribution in [2.75, 3.05) is 0 Å². The predicted octanol–water partition coefficient (Wildman–Crippen LogP) is 5.27. The Morgan fingerprint density at radius 3 is 2.09 bits per heavy atom. The van der Waals surface area contributed by atoms with Gasteiger partial charge in [-0.2, -0.15) is 0 Å². The molecule has 0 N–H and O–H groups in total. The molecule has 23 heavy (non-hydrogen) atoms. The summed E-state index contributed by atoms with van der Waals surface area (Å²) in [4.78, 5) is 8.78. The number of benzene rings is 3. The van der Waals surface area contributed by atoms with E-state index in [-0.39, 0.29) is 0 Å². The molecule has 0 bridgehead atoms. The second-order valence-corrected chi connectivity index (χ2v) is 5.69. The first-order valence-electron chi connectivity index (χ1n) is 7.68. The van der Waals surface area contributed by atoms with E-state index >= 15 is 0 Å². The molecule has 4 rings (SSSR count). The van der Waals surface area contributed by atoms with Gasteiger partial charge in [0.1, 0.15) is 0 Å². The zero-order valence-corrected chi connectivity index (χ0v) is 12.9. The van der Waals surface area contributed by atoms with Gasteiger partial charge in [-0.1, -0.05) is 66.7 Å². The number of hydrogen-bond donors (Lipinski definition) is 0. The normalized spacial score (nSPS) is 10.8. The predicted molar refractivity (Wildman–Crippen MR) is 95.1 cm³/mol. The fraction of sp³-hybridized carbons (Fsp3) is 0.0476. The molecular weight excluding hydrogens is 280 g/mol. The Bertz CT molecular complexity index is 950. The lowest BCUT2D eigenvalue weighted by atomic mass is 9.97. The molecule has 0 aliphatic heterocycles. The smallest absolute Gasteiger partial charge is 0.159 e. The van der Waals surface area contributed by atoms with E-state index in [1.165, 1.54) is 21.9 Å². The average Bonchev–Trinajstić information content (AvgIpc) is 2.62. The third-order valence-corrected chi connectivity index (χ3v) is 4.02. The molecule has 0 spiro atoms. The van der Waals surface area contributed by atoms with Crippen LogP contribution < -0.4 is 0 Å². The average molecular weight is 296 g/mol. The summed E-state index contributed by atoms with van der Waals surface area (Å²) in [5.41, 5.74) is 4.56. The van der Waals surface area contributed by atoms with Gasteiger partial charge in [-0.15, -0.1) is 0 Å². The summed E-state index contributed by atoms with van der Waals surface area (Å²) in [6, 6.07) is 23.3. The summed E-state index contributed by atoms with van der Waals surface area (Å²) in [6.45, 7) is 1.99. The lowest BCUT2D eigenvalue weighted by molar-refractivity contribution is 1.14. The van der Waals surface area contributed by atoms with E-state index < -0.39 is 0 Å². The number of fused-ring (bicyclic) bond motifs is 1. The van der Waals surface area contributed by atoms with Gasteiger partial charge in [-0.3, -0.25) is 0 Å². The highest BCUT2D eigenvalue weighted by Gasteiger charge is 2.05. The molecule has 1 heterocycles. The lowest BCUT2D eigenvalue weighted by Gasteiger charge is -2.08. The molecule has 0 unspecified atom stereocenters. The molecule has 2 heteroatoms. The fourth-order valence-electron chi connectivity index (χ4n) is 2.82. The van der Waals surface area contributed by atoms with E-state index in [9.17, 15) is 0 Å². The van der Waals surface area contributed by atoms with Gasteiger partial charge in [0.15, 0.2) is 5.82 Å². The maximum atomic E-state index is 4.39. The second-order valence-electron chi connectivity index (χ2n) is 5.69. The van der Waals surface area contributed by atoms with E-state index in [0.717, 1.165) is 17.0 Å². The van der Waals surface area contributed by atoms with Gasteiger partial charge in [0.05, 0.1) is 0 Å². The number of nitrogens with zero attached hydrogens (tertiary/aromatic N) is 2. The first kappa shape index (κ1) is 13.6. The van der Waals surface area contributed by atoms with Gasteiger partial charge < -0.3 is 0 Å². The van der Waals surface area contributed by atoms with Crippen LogP contribution in [0.3, 0.4) is 0 Å². The minimum Gasteiger partial charge on any atom is -0.236 e. The number of aryl methyl sites for hydroxylation is 1. The summed E-state index contributed by atoms with van der Waals surface area (Å²) in [5, 5.41) is 2.53. The molecule has 0 atom stereocenters. The first-order valence-corrected chi connectivity index (χ1v) is 7.68. The van der Waals surface area contributed by atoms with Crippen LogP contribution in [0, 0.1) is 6.92 Å². The van der Waals surface area contributed by atoms with Crippen molar-refractivity contribution < 1.29 is 0 Å². The monoisotopic (exact) mass is 296 g/mol. The fourth-order valence-corrected chi connectivity index (χ4v) is 2.82. The molecule has 110 valence electrons. The van der Waals surface area contributed by atoms with E-state index in [4.69, 9.17) is 0 Å². The van der Waals surface area contributed by atoms with Crippen LogP contribution in [0.25, 0.3) is 33.3 Å². The van der Waals surface area contributed by atoms with E-state index in [0.29, 0.717) is 0 Å². The maximum Gasteiger partial charge on any atom is 0.159 e. The van der Waals surface area contributed by atoms with Crippen molar-refractivity contribution in [2.24, 2.45) is 0 Å². The van der Waals surface area contributed by atoms with Gasteiger partial charge >= 0.3 is 0 Å². The maximum absolute atomic E-state index is 4.39. The van der Waals surface area contributed by atoms with Crippen molar-refractivity contribution in [3.8, 4) is 22.5 Å². The van der Waals surface area contributed by atoms with Crippen LogP contribution in [0.1, 0.15) is 5.56 Å². The Labute approximate surface area is 135 Å². The van der Waals surface area contributed by atoms with Crippen molar-refractivity contribution >= 4 is 10.8 Å². The number of rotatable bonds is 2. The van der Waals surface area contributed by atoms with Crippen LogP contribution in [0.15, 0.2) is 79.1 Å². The van der Waals surface area contributed by atoms with Gasteiger partial charge in [0.25, 0.3) is 0 Å². The summed E-state index contributed by atoms with van der Waals surface area (Å²) < 4.78 is 0. The zero-order valence-electron chi connectivity index (χ0n) is 12.9. The summed E-state index contributed by atoms with van der Waals surface area (Å²) in [5.74, 6) is 0.764. The highest BCUT2D eigenvalue weighted by molar-refractivity contribution is 5.96. The number of hydrogen-bond acceptors (Lipinski definition) is 2. The zero-order chi connectivity index (χ0) is 15.6. The Kier molecular flexibility index (Phi) is 3.35.